The predicted molar refractivity (Wildman–Crippen MR) is 165 cm³/mol. The molecule has 0 unspecified atom stereocenters. The maximum absolute atomic E-state index is 2.89. The Morgan fingerprint density at radius 3 is 0.697 bits per heavy atom. The van der Waals surface area contributed by atoms with Gasteiger partial charge in [-0.3, -0.25) is 0 Å². The van der Waals surface area contributed by atoms with Gasteiger partial charge in [-0.25, -0.2) is 6.93 Å². The second kappa shape index (κ2) is 10.3. The summed E-state index contributed by atoms with van der Waals surface area (Å²) < 4.78 is 0. The van der Waals surface area contributed by atoms with Crippen LogP contribution in [0.15, 0.2) is 0 Å². The molecule has 0 bridgehead atoms. The van der Waals surface area contributed by atoms with Gasteiger partial charge in [-0.2, -0.15) is 0 Å². The molecule has 192 valence electrons. The zero-order chi connectivity index (χ0) is 26.8. The van der Waals surface area contributed by atoms with Crippen molar-refractivity contribution < 1.29 is 29.6 Å². The molecular weight excluding hydrogens is 488 g/mol. The molecule has 0 aromatic heterocycles. The first kappa shape index (κ1) is 37.2. The Labute approximate surface area is 240 Å². The smallest absolute Gasteiger partial charge is 0.461 e. The Hall–Kier alpha value is 2.08. The Morgan fingerprint density at radius 2 is 0.576 bits per heavy atom. The first-order valence-electron chi connectivity index (χ1n) is 13.0. The van der Waals surface area contributed by atoms with Crippen LogP contribution in [0.25, 0.3) is 0 Å². The van der Waals surface area contributed by atoms with Crippen LogP contribution in [0.4, 0.5) is 0 Å². The second-order valence-electron chi connectivity index (χ2n) is 17.4. The summed E-state index contributed by atoms with van der Waals surface area (Å²) in [5, 5.41) is 2.53. The van der Waals surface area contributed by atoms with Crippen LogP contribution in [-0.4, -0.2) is 37.8 Å². The van der Waals surface area contributed by atoms with Crippen molar-refractivity contribution in [1.82, 2.24) is 0 Å². The normalized spacial score (nSPS) is 15.8. The molecular formula is C27H63NaSi5. The number of hydrogen-bond acceptors (Lipinski definition) is 0. The van der Waals surface area contributed by atoms with Gasteiger partial charge in [0.1, 0.15) is 0 Å². The van der Waals surface area contributed by atoms with Gasteiger partial charge in [0.25, 0.3) is 0 Å². The maximum Gasteiger partial charge on any atom is 1.00 e. The molecule has 0 radical (unpaired) electrons. The minimum absolute atomic E-state index is 0. The van der Waals surface area contributed by atoms with Crippen molar-refractivity contribution >= 4 is 37.8 Å². The summed E-state index contributed by atoms with van der Waals surface area (Å²) in [6.07, 6.45) is 0. The third-order valence-corrected chi connectivity index (χ3v) is 84.4. The molecule has 6 heteroatoms. The predicted octanol–water partition coefficient (Wildman–Crippen LogP) is 7.38. The van der Waals surface area contributed by atoms with Crippen molar-refractivity contribution in [3.05, 3.63) is 0 Å². The van der Waals surface area contributed by atoms with E-state index in [9.17, 15) is 0 Å². The van der Waals surface area contributed by atoms with Gasteiger partial charge in [0.2, 0.25) is 0 Å². The minimum Gasteiger partial charge on any atom is -0.461 e. The van der Waals surface area contributed by atoms with Crippen molar-refractivity contribution in [2.45, 2.75) is 174 Å². The Morgan fingerprint density at radius 1 is 0.394 bits per heavy atom. The average Bonchev–Trinajstić information content (AvgIpc) is 2.43. The van der Waals surface area contributed by atoms with E-state index >= 15 is 0 Å². The summed E-state index contributed by atoms with van der Waals surface area (Å²) in [5.41, 5.74) is 0. The van der Waals surface area contributed by atoms with Gasteiger partial charge < -0.3 is 8.13 Å². The SMILES string of the molecule is CC(C)(C)[Si](C)([Si-]=[Si]([Si](C)(C(C)(C)C)C(C)(C)C)[Si](C)(C(C)(C)C)C(C)(C)C)C(C)(C)C.[Na+]. The molecule has 0 N–H and O–H groups in total. The molecule has 0 nitrogen and oxygen atoms in total. The van der Waals surface area contributed by atoms with Gasteiger partial charge in [-0.1, -0.05) is 154 Å². The fraction of sp³-hybridized carbons (Fsp3) is 1.00. The number of rotatable bonds is 3. The van der Waals surface area contributed by atoms with E-state index in [-0.39, 0.29) is 29.6 Å². The van der Waals surface area contributed by atoms with Crippen LogP contribution in [0.3, 0.4) is 0 Å². The summed E-state index contributed by atoms with van der Waals surface area (Å²) in [6.45, 7) is 55.1. The maximum atomic E-state index is 2.89. The van der Waals surface area contributed by atoms with E-state index in [4.69, 9.17) is 0 Å². The fourth-order valence-corrected chi connectivity index (χ4v) is 115. The molecule has 0 aromatic carbocycles. The molecule has 0 fully saturated rings. The summed E-state index contributed by atoms with van der Waals surface area (Å²) in [6, 6.07) is 0. The molecule has 0 rings (SSSR count). The summed E-state index contributed by atoms with van der Waals surface area (Å²) in [5.74, 6) is 0. The van der Waals surface area contributed by atoms with Gasteiger partial charge in [0.15, 0.2) is 0 Å². The summed E-state index contributed by atoms with van der Waals surface area (Å²) in [4.78, 5) is 0. The van der Waals surface area contributed by atoms with E-state index in [1.807, 2.05) is 0 Å². The van der Waals surface area contributed by atoms with Crippen LogP contribution < -0.4 is 29.6 Å². The molecule has 0 atom stereocenters. The minimum atomic E-state index is -1.69. The van der Waals surface area contributed by atoms with Crippen LogP contribution >= 0.6 is 0 Å². The Bertz CT molecular complexity index is 614. The zero-order valence-electron chi connectivity index (χ0n) is 27.5. The molecule has 0 amide bonds. The topological polar surface area (TPSA) is 0 Å². The monoisotopic (exact) mass is 550 g/mol. The quantitative estimate of drug-likeness (QED) is 0.322. The van der Waals surface area contributed by atoms with Crippen LogP contribution in [0.1, 0.15) is 125 Å². The molecule has 0 heterocycles. The first-order valence-corrected chi connectivity index (χ1v) is 27.0. The fourth-order valence-electron chi connectivity index (χ4n) is 6.25. The molecule has 0 aliphatic carbocycles. The van der Waals surface area contributed by atoms with E-state index in [0.717, 1.165) is 0 Å². The third kappa shape index (κ3) is 6.57. The molecule has 0 spiro atoms. The van der Waals surface area contributed by atoms with Crippen LogP contribution in [0, 0.1) is 0 Å². The van der Waals surface area contributed by atoms with Gasteiger partial charge in [0.05, 0.1) is 0 Å². The van der Waals surface area contributed by atoms with Gasteiger partial charge >= 0.3 is 29.6 Å². The van der Waals surface area contributed by atoms with Crippen molar-refractivity contribution in [3.63, 3.8) is 0 Å². The third-order valence-electron chi connectivity index (χ3n) is 10.4. The van der Waals surface area contributed by atoms with Crippen molar-refractivity contribution in [1.29, 1.82) is 0 Å². The molecule has 0 saturated heterocycles. The molecule has 0 saturated carbocycles. The molecule has 0 aliphatic rings. The van der Waals surface area contributed by atoms with E-state index in [1.165, 1.54) is 8.13 Å². The van der Waals surface area contributed by atoms with Crippen molar-refractivity contribution in [3.8, 4) is 0 Å². The van der Waals surface area contributed by atoms with E-state index in [1.54, 1.807) is 0 Å². The largest absolute Gasteiger partial charge is 1.00 e. The molecule has 33 heavy (non-hydrogen) atoms. The van der Waals surface area contributed by atoms with Crippen LogP contribution in [-0.2, 0) is 0 Å². The van der Waals surface area contributed by atoms with Crippen molar-refractivity contribution in [2.75, 3.05) is 0 Å². The Kier molecular flexibility index (Phi) is 11.7. The number of hydrogen-bond donors (Lipinski definition) is 0. The van der Waals surface area contributed by atoms with Crippen LogP contribution in [0.2, 0.25) is 49.9 Å². The summed E-state index contributed by atoms with van der Waals surface area (Å²) >= 11 is 0. The van der Waals surface area contributed by atoms with Gasteiger partial charge in [-0.05, 0) is 20.2 Å². The molecule has 0 aromatic rings. The van der Waals surface area contributed by atoms with Crippen molar-refractivity contribution in [2.24, 2.45) is 0 Å². The van der Waals surface area contributed by atoms with Gasteiger partial charge in [-0.15, -0.1) is 7.59 Å². The standard InChI is InChI=1S/C27H63Si5.Na/c1-22(2,3)30(19,23(4,5)6)28-29(31(20,24(7,8)9)25(10,11)12)32(21,26(13,14)15)27(16,17)18;/h1-21H3;/q-1;+1. The summed E-state index contributed by atoms with van der Waals surface area (Å²) in [7, 11) is -3.76. The zero-order valence-corrected chi connectivity index (χ0v) is 34.5. The van der Waals surface area contributed by atoms with E-state index in [0.29, 0.717) is 30.2 Å². The van der Waals surface area contributed by atoms with Gasteiger partial charge in [0, 0.05) is 15.2 Å². The average molecular weight is 551 g/mol. The Balaban J connectivity index is 0. The first-order chi connectivity index (χ1) is 13.3. The second-order valence-corrected chi connectivity index (χ2v) is 55.1. The molecule has 0 aliphatic heterocycles. The van der Waals surface area contributed by atoms with Crippen LogP contribution in [0.5, 0.6) is 0 Å². The van der Waals surface area contributed by atoms with E-state index < -0.39 is 29.7 Å². The van der Waals surface area contributed by atoms with E-state index in [2.05, 4.69) is 144 Å².